The minimum absolute atomic E-state index is 0.156. The third-order valence-corrected chi connectivity index (χ3v) is 6.11. The zero-order chi connectivity index (χ0) is 27.2. The van der Waals surface area contributed by atoms with Gasteiger partial charge in [-0.3, -0.25) is 9.59 Å². The number of aryl methyl sites for hydroxylation is 1. The van der Waals surface area contributed by atoms with Gasteiger partial charge < -0.3 is 20.1 Å². The number of hydrogen-bond donors (Lipinski definition) is 2. The molecule has 1 heterocycles. The Morgan fingerprint density at radius 2 is 1.79 bits per heavy atom. The highest BCUT2D eigenvalue weighted by Gasteiger charge is 2.17. The van der Waals surface area contributed by atoms with Crippen LogP contribution in [0.25, 0.3) is 5.69 Å². The first-order chi connectivity index (χ1) is 18.2. The summed E-state index contributed by atoms with van der Waals surface area (Å²) in [6.07, 6.45) is 1.47. The average molecular weight is 533 g/mol. The van der Waals surface area contributed by atoms with E-state index in [1.165, 1.54) is 10.9 Å². The Kier molecular flexibility index (Phi) is 8.33. The largest absolute Gasteiger partial charge is 0.497 e. The van der Waals surface area contributed by atoms with Crippen molar-refractivity contribution < 1.29 is 14.3 Å². The maximum atomic E-state index is 13.7. The highest BCUT2D eigenvalue weighted by atomic mass is 35.5. The second-order valence-electron chi connectivity index (χ2n) is 9.12. The molecule has 9 heteroatoms. The lowest BCUT2D eigenvalue weighted by atomic mass is 10.1. The lowest BCUT2D eigenvalue weighted by molar-refractivity contribution is 0.0949. The number of ether oxygens (including phenoxy) is 2. The summed E-state index contributed by atoms with van der Waals surface area (Å²) in [6, 6.07) is 19.1. The number of carbonyl (C=O) groups is 1. The number of aromatic nitrogens is 2. The van der Waals surface area contributed by atoms with Crippen molar-refractivity contribution >= 4 is 28.9 Å². The molecule has 8 nitrogen and oxygen atoms in total. The Morgan fingerprint density at radius 3 is 2.47 bits per heavy atom. The minimum atomic E-state index is -0.437. The number of nitrogens with one attached hydrogen (secondary N) is 2. The molecule has 0 saturated heterocycles. The first-order valence-corrected chi connectivity index (χ1v) is 12.5. The smallest absolute Gasteiger partial charge is 0.299 e. The molecule has 1 aromatic heterocycles. The Morgan fingerprint density at radius 1 is 1.05 bits per heavy atom. The summed E-state index contributed by atoms with van der Waals surface area (Å²) in [5.41, 5.74) is 2.11. The summed E-state index contributed by atoms with van der Waals surface area (Å²) in [4.78, 5) is 26.3. The van der Waals surface area contributed by atoms with Crippen LogP contribution in [0, 0.1) is 12.8 Å². The monoisotopic (exact) mass is 532 g/mol. The molecule has 0 fully saturated rings. The van der Waals surface area contributed by atoms with Gasteiger partial charge in [0.05, 0.1) is 19.0 Å². The SMILES string of the molecule is COc1ccc(-n2ncc(Oc3ccc(Cl)c(C)c3)c(Nc3cccc(C(=O)NCC(C)C)c3)c2=O)cc1. The second kappa shape index (κ2) is 11.8. The summed E-state index contributed by atoms with van der Waals surface area (Å²) >= 11 is 6.16. The van der Waals surface area contributed by atoms with E-state index >= 15 is 0 Å². The van der Waals surface area contributed by atoms with Crippen LogP contribution in [0.4, 0.5) is 11.4 Å². The van der Waals surface area contributed by atoms with Gasteiger partial charge >= 0.3 is 0 Å². The van der Waals surface area contributed by atoms with Crippen LogP contribution in [0.1, 0.15) is 29.8 Å². The third kappa shape index (κ3) is 6.33. The van der Waals surface area contributed by atoms with E-state index in [4.69, 9.17) is 21.1 Å². The van der Waals surface area contributed by atoms with Gasteiger partial charge in [0.1, 0.15) is 11.5 Å². The van der Waals surface area contributed by atoms with Gasteiger partial charge in [-0.2, -0.15) is 9.78 Å². The van der Waals surface area contributed by atoms with Crippen molar-refractivity contribution in [2.24, 2.45) is 5.92 Å². The molecule has 0 spiro atoms. The predicted octanol–water partition coefficient (Wildman–Crippen LogP) is 6.12. The van der Waals surface area contributed by atoms with Gasteiger partial charge in [0.15, 0.2) is 11.4 Å². The van der Waals surface area contributed by atoms with Gasteiger partial charge in [0.2, 0.25) is 0 Å². The lowest BCUT2D eigenvalue weighted by Crippen LogP contribution is -2.27. The van der Waals surface area contributed by atoms with Crippen LogP contribution in [-0.4, -0.2) is 29.3 Å². The normalized spacial score (nSPS) is 10.8. The van der Waals surface area contributed by atoms with Crippen molar-refractivity contribution in [1.82, 2.24) is 15.1 Å². The Hall–Kier alpha value is -4.30. The number of amides is 1. The van der Waals surface area contributed by atoms with E-state index in [2.05, 4.69) is 15.7 Å². The molecule has 0 bridgehead atoms. The van der Waals surface area contributed by atoms with E-state index in [9.17, 15) is 9.59 Å². The molecule has 0 aliphatic heterocycles. The topological polar surface area (TPSA) is 94.5 Å². The van der Waals surface area contributed by atoms with Crippen molar-refractivity contribution in [3.05, 3.63) is 99.4 Å². The number of hydrogen-bond acceptors (Lipinski definition) is 6. The molecule has 4 rings (SSSR count). The minimum Gasteiger partial charge on any atom is -0.497 e. The Balaban J connectivity index is 1.73. The summed E-state index contributed by atoms with van der Waals surface area (Å²) in [5.74, 6) is 1.51. The molecule has 196 valence electrons. The first kappa shape index (κ1) is 26.8. The van der Waals surface area contributed by atoms with E-state index in [1.54, 1.807) is 73.8 Å². The van der Waals surface area contributed by atoms with Crippen LogP contribution in [-0.2, 0) is 0 Å². The van der Waals surface area contributed by atoms with Crippen LogP contribution in [0.15, 0.2) is 77.7 Å². The van der Waals surface area contributed by atoms with Crippen LogP contribution in [0.3, 0.4) is 0 Å². The van der Waals surface area contributed by atoms with Gasteiger partial charge in [-0.05, 0) is 79.1 Å². The van der Waals surface area contributed by atoms with Crippen molar-refractivity contribution in [2.75, 3.05) is 19.0 Å². The number of benzene rings is 3. The maximum Gasteiger partial charge on any atom is 0.299 e. The lowest BCUT2D eigenvalue weighted by Gasteiger charge is -2.15. The van der Waals surface area contributed by atoms with Gasteiger partial charge in [0.25, 0.3) is 11.5 Å². The number of methoxy groups -OCH3 is 1. The van der Waals surface area contributed by atoms with E-state index in [0.717, 1.165) is 5.56 Å². The predicted molar refractivity (Wildman–Crippen MR) is 150 cm³/mol. The van der Waals surface area contributed by atoms with Crippen molar-refractivity contribution in [3.63, 3.8) is 0 Å². The number of anilines is 2. The Bertz CT molecular complexity index is 1500. The van der Waals surface area contributed by atoms with Gasteiger partial charge in [-0.25, -0.2) is 0 Å². The fraction of sp³-hybridized carbons (Fsp3) is 0.207. The van der Waals surface area contributed by atoms with E-state index < -0.39 is 5.56 Å². The highest BCUT2D eigenvalue weighted by molar-refractivity contribution is 6.31. The van der Waals surface area contributed by atoms with Crippen LogP contribution in [0.2, 0.25) is 5.02 Å². The van der Waals surface area contributed by atoms with Gasteiger partial charge in [0, 0.05) is 22.8 Å². The first-order valence-electron chi connectivity index (χ1n) is 12.1. The molecule has 0 aliphatic carbocycles. The molecular formula is C29H29ClN4O4. The van der Waals surface area contributed by atoms with E-state index in [1.807, 2.05) is 20.8 Å². The molecule has 2 N–H and O–H groups in total. The number of halogens is 1. The van der Waals surface area contributed by atoms with Crippen LogP contribution >= 0.6 is 11.6 Å². The third-order valence-electron chi connectivity index (χ3n) is 5.68. The van der Waals surface area contributed by atoms with Gasteiger partial charge in [-0.1, -0.05) is 31.5 Å². The molecule has 4 aromatic rings. The molecule has 0 saturated carbocycles. The molecule has 0 radical (unpaired) electrons. The van der Waals surface area contributed by atoms with Crippen LogP contribution < -0.4 is 25.7 Å². The summed E-state index contributed by atoms with van der Waals surface area (Å²) in [6.45, 7) is 6.48. The van der Waals surface area contributed by atoms with Crippen molar-refractivity contribution in [2.45, 2.75) is 20.8 Å². The zero-order valence-corrected chi connectivity index (χ0v) is 22.4. The zero-order valence-electron chi connectivity index (χ0n) is 21.6. The number of rotatable bonds is 9. The fourth-order valence-electron chi connectivity index (χ4n) is 3.63. The molecule has 0 unspecified atom stereocenters. The van der Waals surface area contributed by atoms with Gasteiger partial charge in [-0.15, -0.1) is 0 Å². The van der Waals surface area contributed by atoms with E-state index in [0.29, 0.717) is 45.9 Å². The average Bonchev–Trinajstić information content (AvgIpc) is 2.91. The number of nitrogens with zero attached hydrogens (tertiary/aromatic N) is 2. The molecule has 1 amide bonds. The van der Waals surface area contributed by atoms with Crippen molar-refractivity contribution in [3.8, 4) is 22.9 Å². The standard InChI is InChI=1S/C29H29ClN4O4/c1-18(2)16-31-28(35)20-6-5-7-21(15-20)33-27-26(38-24-12-13-25(30)19(3)14-24)17-32-34(29(27)36)22-8-10-23(37-4)11-9-22/h5-15,17-18,33H,16H2,1-4H3,(H,31,35). The van der Waals surface area contributed by atoms with Crippen molar-refractivity contribution in [1.29, 1.82) is 0 Å². The molecular weight excluding hydrogens is 504 g/mol. The molecule has 0 atom stereocenters. The fourth-order valence-corrected chi connectivity index (χ4v) is 3.74. The number of carbonyl (C=O) groups excluding carboxylic acids is 1. The molecule has 3 aromatic carbocycles. The maximum absolute atomic E-state index is 13.7. The van der Waals surface area contributed by atoms with E-state index in [-0.39, 0.29) is 17.3 Å². The Labute approximate surface area is 226 Å². The summed E-state index contributed by atoms with van der Waals surface area (Å²) < 4.78 is 12.6. The molecule has 38 heavy (non-hydrogen) atoms. The highest BCUT2D eigenvalue weighted by Crippen LogP contribution is 2.31. The van der Waals surface area contributed by atoms with Crippen LogP contribution in [0.5, 0.6) is 17.2 Å². The summed E-state index contributed by atoms with van der Waals surface area (Å²) in [7, 11) is 1.57. The summed E-state index contributed by atoms with van der Waals surface area (Å²) in [5, 5.41) is 11.0. The quantitative estimate of drug-likeness (QED) is 0.269. The molecule has 0 aliphatic rings. The second-order valence-corrected chi connectivity index (χ2v) is 9.53.